The summed E-state index contributed by atoms with van der Waals surface area (Å²) in [5.41, 5.74) is 6.49. The number of aromatic nitrogens is 3. The van der Waals surface area contributed by atoms with Gasteiger partial charge in [0.2, 0.25) is 0 Å². The molecule has 0 aliphatic heterocycles. The van der Waals surface area contributed by atoms with Gasteiger partial charge in [0.15, 0.2) is 17.5 Å². The van der Waals surface area contributed by atoms with Gasteiger partial charge in [-0.3, -0.25) is 0 Å². The van der Waals surface area contributed by atoms with Crippen molar-refractivity contribution in [3.8, 4) is 78.7 Å². The van der Waals surface area contributed by atoms with Crippen molar-refractivity contribution >= 4 is 31.5 Å². The van der Waals surface area contributed by atoms with E-state index in [9.17, 15) is 0 Å². The number of benzene rings is 8. The fraction of sp³-hybridized carbons (Fsp3) is 0. The van der Waals surface area contributed by atoms with Crippen LogP contribution in [0.1, 0.15) is 13.7 Å². The van der Waals surface area contributed by atoms with E-state index in [-0.39, 0.29) is 22.3 Å². The largest absolute Gasteiger partial charge is 0.208 e. The van der Waals surface area contributed by atoms with Gasteiger partial charge in [0.25, 0.3) is 0 Å². The smallest absolute Gasteiger partial charge is 0.164 e. The lowest BCUT2D eigenvalue weighted by Crippen LogP contribution is -2.00. The zero-order chi connectivity index (χ0) is 45.3. The number of hydrogen-bond acceptors (Lipinski definition) is 4. The van der Waals surface area contributed by atoms with Gasteiger partial charge < -0.3 is 0 Å². The van der Waals surface area contributed by atoms with E-state index in [0.29, 0.717) is 38.5 Å². The maximum absolute atomic E-state index is 9.00. The molecule has 8 aromatic carbocycles. The SMILES string of the molecule is [2H]c1c([2H])c([2H])c(-c2cc(-c3c([2H])c([2H])c([2H])c([2H])c3[2H])c3sc4cccc(-c5nc(-c6ccc(-c7ccccc7)cc6)nc(-c6cccc(-c7ccccc7)c6)n5)c4c3c2)c([2H])c1[2H]. The van der Waals surface area contributed by atoms with Crippen LogP contribution in [0.5, 0.6) is 0 Å². The summed E-state index contributed by atoms with van der Waals surface area (Å²) in [4.78, 5) is 15.3. The number of fused-ring (bicyclic) bond motifs is 3. The summed E-state index contributed by atoms with van der Waals surface area (Å²) in [6, 6.07) is 40.1. The van der Waals surface area contributed by atoms with Gasteiger partial charge in [0, 0.05) is 42.4 Å². The molecule has 0 aliphatic rings. The van der Waals surface area contributed by atoms with Gasteiger partial charge >= 0.3 is 0 Å². The Morgan fingerprint density at radius 1 is 0.364 bits per heavy atom. The first-order chi connectivity index (χ1) is 31.4. The van der Waals surface area contributed by atoms with Crippen LogP contribution >= 0.6 is 11.3 Å². The van der Waals surface area contributed by atoms with Gasteiger partial charge in [0.1, 0.15) is 0 Å². The van der Waals surface area contributed by atoms with Gasteiger partial charge in [-0.15, -0.1) is 11.3 Å². The molecule has 2 heterocycles. The van der Waals surface area contributed by atoms with Crippen LogP contribution in [-0.2, 0) is 0 Å². The first kappa shape index (κ1) is 23.6. The van der Waals surface area contributed by atoms with E-state index in [2.05, 4.69) is 0 Å². The number of rotatable bonds is 7. The van der Waals surface area contributed by atoms with Crippen molar-refractivity contribution in [1.29, 1.82) is 0 Å². The van der Waals surface area contributed by atoms with Gasteiger partial charge in [-0.2, -0.15) is 0 Å². The highest BCUT2D eigenvalue weighted by Crippen LogP contribution is 2.46. The number of thiophene rings is 1. The summed E-state index contributed by atoms with van der Waals surface area (Å²) in [5.74, 6) is 1.18. The first-order valence-electron chi connectivity index (χ1n) is 22.6. The average molecular weight is 730 g/mol. The lowest BCUT2D eigenvalue weighted by Gasteiger charge is -2.12. The van der Waals surface area contributed by atoms with Crippen molar-refractivity contribution in [3.63, 3.8) is 0 Å². The molecule has 0 N–H and O–H groups in total. The van der Waals surface area contributed by atoms with E-state index in [1.807, 2.05) is 127 Å². The lowest BCUT2D eigenvalue weighted by molar-refractivity contribution is 1.08. The molecule has 10 rings (SSSR count). The van der Waals surface area contributed by atoms with Crippen LogP contribution in [0.2, 0.25) is 0 Å². The summed E-state index contributed by atoms with van der Waals surface area (Å²) < 4.78 is 87.9. The molecule has 0 atom stereocenters. The molecular weight excluding hydrogens is 687 g/mol. The van der Waals surface area contributed by atoms with E-state index in [1.54, 1.807) is 12.1 Å². The quantitative estimate of drug-likeness (QED) is 0.164. The van der Waals surface area contributed by atoms with Gasteiger partial charge in [-0.05, 0) is 63.2 Å². The minimum absolute atomic E-state index is 0.0784. The van der Waals surface area contributed by atoms with E-state index < -0.39 is 60.4 Å². The molecular formula is C51H33N3S. The highest BCUT2D eigenvalue weighted by molar-refractivity contribution is 7.26. The molecule has 55 heavy (non-hydrogen) atoms. The van der Waals surface area contributed by atoms with E-state index in [0.717, 1.165) is 38.1 Å². The number of nitrogens with zero attached hydrogens (tertiary/aromatic N) is 3. The molecule has 0 unspecified atom stereocenters. The molecule has 0 saturated heterocycles. The zero-order valence-corrected chi connectivity index (χ0v) is 29.8. The lowest BCUT2D eigenvalue weighted by atomic mass is 9.95. The third-order valence-electron chi connectivity index (χ3n) is 9.51. The molecule has 0 spiro atoms. The molecule has 258 valence electrons. The molecule has 4 heteroatoms. The predicted molar refractivity (Wildman–Crippen MR) is 231 cm³/mol. The van der Waals surface area contributed by atoms with Crippen molar-refractivity contribution < 1.29 is 13.7 Å². The van der Waals surface area contributed by atoms with Crippen LogP contribution in [0.25, 0.3) is 98.8 Å². The Balaban J connectivity index is 1.26. The summed E-state index contributed by atoms with van der Waals surface area (Å²) in [7, 11) is 0. The molecule has 0 radical (unpaired) electrons. The first-order valence-corrected chi connectivity index (χ1v) is 18.4. The summed E-state index contributed by atoms with van der Waals surface area (Å²) in [5, 5.41) is 1.21. The highest BCUT2D eigenvalue weighted by atomic mass is 32.1. The maximum atomic E-state index is 9.00. The monoisotopic (exact) mass is 729 g/mol. The van der Waals surface area contributed by atoms with Crippen LogP contribution in [0, 0.1) is 0 Å². The Morgan fingerprint density at radius 2 is 0.909 bits per heavy atom. The number of hydrogen-bond donors (Lipinski definition) is 0. The van der Waals surface area contributed by atoms with E-state index >= 15 is 0 Å². The van der Waals surface area contributed by atoms with E-state index in [1.165, 1.54) is 11.3 Å². The van der Waals surface area contributed by atoms with Crippen molar-refractivity contribution in [2.45, 2.75) is 0 Å². The van der Waals surface area contributed by atoms with Crippen molar-refractivity contribution in [2.75, 3.05) is 0 Å². The Hall–Kier alpha value is -7.01. The minimum atomic E-state index is -0.551. The molecule has 0 saturated carbocycles. The summed E-state index contributed by atoms with van der Waals surface area (Å²) >= 11 is 1.34. The third kappa shape index (κ3) is 6.29. The molecule has 0 amide bonds. The van der Waals surface area contributed by atoms with Gasteiger partial charge in [0.05, 0.1) is 13.7 Å². The zero-order valence-electron chi connectivity index (χ0n) is 39.0. The van der Waals surface area contributed by atoms with E-state index in [4.69, 9.17) is 28.7 Å². The summed E-state index contributed by atoms with van der Waals surface area (Å²) in [6.45, 7) is 0. The second-order valence-electron chi connectivity index (χ2n) is 12.9. The Kier molecular flexibility index (Phi) is 6.05. The molecule has 0 fully saturated rings. The second kappa shape index (κ2) is 14.1. The Morgan fingerprint density at radius 3 is 1.62 bits per heavy atom. The van der Waals surface area contributed by atoms with Crippen molar-refractivity contribution in [3.05, 3.63) is 200 Å². The summed E-state index contributed by atoms with van der Waals surface area (Å²) in [6.07, 6.45) is 0. The fourth-order valence-electron chi connectivity index (χ4n) is 6.89. The molecule has 0 aliphatic carbocycles. The van der Waals surface area contributed by atoms with Crippen LogP contribution in [0.4, 0.5) is 0 Å². The van der Waals surface area contributed by atoms with Crippen molar-refractivity contribution in [2.24, 2.45) is 0 Å². The topological polar surface area (TPSA) is 38.7 Å². The maximum Gasteiger partial charge on any atom is 0.164 e. The van der Waals surface area contributed by atoms with Crippen LogP contribution in [0.3, 0.4) is 0 Å². The highest BCUT2D eigenvalue weighted by Gasteiger charge is 2.20. The minimum Gasteiger partial charge on any atom is -0.208 e. The van der Waals surface area contributed by atoms with Crippen molar-refractivity contribution in [1.82, 2.24) is 15.0 Å². The second-order valence-corrected chi connectivity index (χ2v) is 13.9. The van der Waals surface area contributed by atoms with Crippen LogP contribution < -0.4 is 0 Å². The fourth-order valence-corrected chi connectivity index (χ4v) is 8.12. The van der Waals surface area contributed by atoms with Crippen LogP contribution in [-0.4, -0.2) is 15.0 Å². The molecule has 3 nitrogen and oxygen atoms in total. The van der Waals surface area contributed by atoms with Gasteiger partial charge in [-0.25, -0.2) is 15.0 Å². The molecule has 0 bridgehead atoms. The van der Waals surface area contributed by atoms with Gasteiger partial charge in [-0.1, -0.05) is 176 Å². The third-order valence-corrected chi connectivity index (χ3v) is 10.7. The normalized spacial score (nSPS) is 13.8. The Bertz CT molecular complexity index is 3490. The molecule has 2 aromatic heterocycles. The standard InChI is InChI=1S/C51H33N3S/c1-5-15-34(16-6-1)37-27-29-39(30-28-37)49-52-50(41-24-13-23-40(31-41)35-17-7-2-8-18-35)54-51(53-49)43-25-14-26-46-47(43)45-33-42(36-19-9-3-10-20-36)32-44(48(45)55-46)38-21-11-4-12-22-38/h1-33H/i3D,4D,9D,10D,11D,12D,19D,20D,21D,22D. The predicted octanol–water partition coefficient (Wildman–Crippen LogP) is 13.9. The molecule has 10 aromatic rings. The van der Waals surface area contributed by atoms with Crippen LogP contribution in [0.15, 0.2) is 200 Å². The Labute approximate surface area is 338 Å². The average Bonchev–Trinajstić information content (AvgIpc) is 3.73.